The molecule has 0 radical (unpaired) electrons. The molecule has 1 N–H and O–H groups in total. The normalized spacial score (nSPS) is 10.9. The van der Waals surface area contributed by atoms with Crippen LogP contribution in [0.25, 0.3) is 5.69 Å². The Morgan fingerprint density at radius 1 is 1.37 bits per heavy atom. The van der Waals surface area contributed by atoms with E-state index in [0.717, 1.165) is 11.3 Å². The van der Waals surface area contributed by atoms with Crippen LogP contribution in [0.15, 0.2) is 24.3 Å². The van der Waals surface area contributed by atoms with Crippen LogP contribution >= 0.6 is 0 Å². The minimum Gasteiger partial charge on any atom is -0.476 e. The highest BCUT2D eigenvalue weighted by Crippen LogP contribution is 2.19. The number of aromatic nitrogens is 3. The first-order chi connectivity index (χ1) is 9.00. The molecule has 5 heteroatoms. The van der Waals surface area contributed by atoms with Crippen LogP contribution in [0, 0.1) is 12.8 Å². The average molecular weight is 259 g/mol. The van der Waals surface area contributed by atoms with Crippen molar-refractivity contribution in [1.82, 2.24) is 15.0 Å². The Hall–Kier alpha value is -2.17. The topological polar surface area (TPSA) is 68.0 Å². The summed E-state index contributed by atoms with van der Waals surface area (Å²) in [7, 11) is 0. The lowest BCUT2D eigenvalue weighted by Crippen LogP contribution is -2.10. The van der Waals surface area contributed by atoms with E-state index in [4.69, 9.17) is 0 Å². The van der Waals surface area contributed by atoms with E-state index in [1.807, 2.05) is 45.0 Å². The van der Waals surface area contributed by atoms with Crippen molar-refractivity contribution in [1.29, 1.82) is 0 Å². The van der Waals surface area contributed by atoms with Crippen molar-refractivity contribution in [3.8, 4) is 5.69 Å². The number of hydrogen-bond acceptors (Lipinski definition) is 3. The number of aryl methyl sites for hydroxylation is 1. The van der Waals surface area contributed by atoms with E-state index in [9.17, 15) is 9.90 Å². The maximum atomic E-state index is 11.2. The molecule has 0 saturated heterocycles. The minimum atomic E-state index is -1.03. The quantitative estimate of drug-likeness (QED) is 0.915. The van der Waals surface area contributed by atoms with Gasteiger partial charge in [0.15, 0.2) is 5.69 Å². The predicted octanol–water partition coefficient (Wildman–Crippen LogP) is 2.47. The Kier molecular flexibility index (Phi) is 3.64. The Morgan fingerprint density at radius 2 is 2.05 bits per heavy atom. The molecule has 0 atom stereocenters. The van der Waals surface area contributed by atoms with Gasteiger partial charge in [-0.05, 0) is 30.9 Å². The molecule has 0 spiro atoms. The first-order valence-corrected chi connectivity index (χ1v) is 6.24. The third kappa shape index (κ3) is 2.65. The average Bonchev–Trinajstić information content (AvgIpc) is 2.72. The number of para-hydroxylation sites is 1. The third-order valence-electron chi connectivity index (χ3n) is 2.91. The van der Waals surface area contributed by atoms with Gasteiger partial charge in [-0.3, -0.25) is 0 Å². The predicted molar refractivity (Wildman–Crippen MR) is 71.6 cm³/mol. The summed E-state index contributed by atoms with van der Waals surface area (Å²) in [6, 6.07) is 7.73. The van der Waals surface area contributed by atoms with Crippen molar-refractivity contribution in [2.45, 2.75) is 27.2 Å². The van der Waals surface area contributed by atoms with Gasteiger partial charge in [0.1, 0.15) is 0 Å². The number of rotatable bonds is 4. The van der Waals surface area contributed by atoms with E-state index in [2.05, 4.69) is 10.3 Å². The maximum Gasteiger partial charge on any atom is 0.358 e. The second kappa shape index (κ2) is 5.22. The Labute approximate surface area is 111 Å². The summed E-state index contributed by atoms with van der Waals surface area (Å²) in [6.07, 6.45) is 0.628. The molecule has 0 aliphatic rings. The van der Waals surface area contributed by atoms with E-state index >= 15 is 0 Å². The van der Waals surface area contributed by atoms with Crippen molar-refractivity contribution in [3.63, 3.8) is 0 Å². The van der Waals surface area contributed by atoms with E-state index in [0.29, 0.717) is 18.0 Å². The van der Waals surface area contributed by atoms with Gasteiger partial charge in [0.25, 0.3) is 0 Å². The van der Waals surface area contributed by atoms with Crippen LogP contribution in [0.4, 0.5) is 0 Å². The van der Waals surface area contributed by atoms with Gasteiger partial charge in [-0.1, -0.05) is 37.3 Å². The van der Waals surface area contributed by atoms with Gasteiger partial charge in [0.2, 0.25) is 0 Å². The van der Waals surface area contributed by atoms with Crippen molar-refractivity contribution < 1.29 is 9.90 Å². The van der Waals surface area contributed by atoms with Crippen molar-refractivity contribution in [3.05, 3.63) is 41.2 Å². The summed E-state index contributed by atoms with van der Waals surface area (Å²) in [5.74, 6) is -0.699. The lowest BCUT2D eigenvalue weighted by Gasteiger charge is -2.11. The SMILES string of the molecule is Cc1ccccc1-n1nnc(C(=O)O)c1CC(C)C. The molecule has 1 aromatic heterocycles. The molecule has 1 heterocycles. The number of carboxylic acids is 1. The van der Waals surface area contributed by atoms with Crippen LogP contribution in [-0.4, -0.2) is 26.1 Å². The van der Waals surface area contributed by atoms with Crippen LogP contribution in [-0.2, 0) is 6.42 Å². The number of carbonyl (C=O) groups is 1. The Balaban J connectivity index is 2.58. The Morgan fingerprint density at radius 3 is 2.63 bits per heavy atom. The van der Waals surface area contributed by atoms with Gasteiger partial charge < -0.3 is 5.11 Å². The first-order valence-electron chi connectivity index (χ1n) is 6.24. The molecule has 0 aliphatic heterocycles. The van der Waals surface area contributed by atoms with E-state index in [1.54, 1.807) is 4.68 Å². The lowest BCUT2D eigenvalue weighted by atomic mass is 10.1. The fraction of sp³-hybridized carbons (Fsp3) is 0.357. The molecular formula is C14H17N3O2. The van der Waals surface area contributed by atoms with Crippen molar-refractivity contribution >= 4 is 5.97 Å². The molecule has 0 aliphatic carbocycles. The lowest BCUT2D eigenvalue weighted by molar-refractivity contribution is 0.0689. The van der Waals surface area contributed by atoms with Crippen molar-refractivity contribution in [2.24, 2.45) is 5.92 Å². The standard InChI is InChI=1S/C14H17N3O2/c1-9(2)8-12-13(14(18)19)15-16-17(12)11-7-5-4-6-10(11)3/h4-7,9H,8H2,1-3H3,(H,18,19). The van der Waals surface area contributed by atoms with Crippen LogP contribution in [0.3, 0.4) is 0 Å². The minimum absolute atomic E-state index is 0.0388. The highest BCUT2D eigenvalue weighted by molar-refractivity contribution is 5.86. The second-order valence-corrected chi connectivity index (χ2v) is 4.99. The summed E-state index contributed by atoms with van der Waals surface area (Å²) in [5, 5.41) is 17.0. The zero-order chi connectivity index (χ0) is 14.0. The molecule has 1 aromatic carbocycles. The molecule has 0 unspecified atom stereocenters. The fourth-order valence-corrected chi connectivity index (χ4v) is 2.03. The number of benzene rings is 1. The zero-order valence-corrected chi connectivity index (χ0v) is 11.3. The summed E-state index contributed by atoms with van der Waals surface area (Å²) >= 11 is 0. The molecular weight excluding hydrogens is 242 g/mol. The largest absolute Gasteiger partial charge is 0.476 e. The van der Waals surface area contributed by atoms with E-state index < -0.39 is 5.97 Å². The third-order valence-corrected chi connectivity index (χ3v) is 2.91. The van der Waals surface area contributed by atoms with E-state index in [-0.39, 0.29) is 5.69 Å². The van der Waals surface area contributed by atoms with Crippen LogP contribution in [0.2, 0.25) is 0 Å². The number of nitrogens with zero attached hydrogens (tertiary/aromatic N) is 3. The van der Waals surface area contributed by atoms with E-state index in [1.165, 1.54) is 0 Å². The number of aromatic carboxylic acids is 1. The molecule has 100 valence electrons. The van der Waals surface area contributed by atoms with Crippen LogP contribution in [0.5, 0.6) is 0 Å². The summed E-state index contributed by atoms with van der Waals surface area (Å²) in [6.45, 7) is 6.05. The summed E-state index contributed by atoms with van der Waals surface area (Å²) in [5.41, 5.74) is 2.60. The first kappa shape index (κ1) is 13.3. The second-order valence-electron chi connectivity index (χ2n) is 4.99. The van der Waals surface area contributed by atoms with Crippen LogP contribution in [0.1, 0.15) is 35.6 Å². The van der Waals surface area contributed by atoms with Gasteiger partial charge >= 0.3 is 5.97 Å². The zero-order valence-electron chi connectivity index (χ0n) is 11.3. The van der Waals surface area contributed by atoms with Gasteiger partial charge in [-0.15, -0.1) is 5.10 Å². The van der Waals surface area contributed by atoms with Crippen LogP contribution < -0.4 is 0 Å². The molecule has 0 bridgehead atoms. The Bertz CT molecular complexity index is 602. The highest BCUT2D eigenvalue weighted by Gasteiger charge is 2.21. The smallest absolute Gasteiger partial charge is 0.358 e. The molecule has 0 saturated carbocycles. The van der Waals surface area contributed by atoms with Gasteiger partial charge in [0.05, 0.1) is 11.4 Å². The summed E-state index contributed by atoms with van der Waals surface area (Å²) in [4.78, 5) is 11.2. The highest BCUT2D eigenvalue weighted by atomic mass is 16.4. The molecule has 0 amide bonds. The maximum absolute atomic E-state index is 11.2. The van der Waals surface area contributed by atoms with Gasteiger partial charge in [0, 0.05) is 0 Å². The fourth-order valence-electron chi connectivity index (χ4n) is 2.03. The molecule has 19 heavy (non-hydrogen) atoms. The molecule has 2 rings (SSSR count). The number of hydrogen-bond donors (Lipinski definition) is 1. The molecule has 5 nitrogen and oxygen atoms in total. The number of carboxylic acid groups (broad SMARTS) is 1. The summed E-state index contributed by atoms with van der Waals surface area (Å²) < 4.78 is 1.64. The van der Waals surface area contributed by atoms with Gasteiger partial charge in [-0.2, -0.15) is 0 Å². The van der Waals surface area contributed by atoms with Gasteiger partial charge in [-0.25, -0.2) is 9.48 Å². The monoisotopic (exact) mass is 259 g/mol. The van der Waals surface area contributed by atoms with Crippen molar-refractivity contribution in [2.75, 3.05) is 0 Å². The molecule has 2 aromatic rings. The molecule has 0 fully saturated rings.